The van der Waals surface area contributed by atoms with Crippen LogP contribution in [-0.4, -0.2) is 46.7 Å². The van der Waals surface area contributed by atoms with Crippen molar-refractivity contribution in [1.82, 2.24) is 19.8 Å². The number of nitrogens with one attached hydrogen (secondary N) is 1. The van der Waals surface area contributed by atoms with Crippen molar-refractivity contribution in [2.75, 3.05) is 32.2 Å². The number of nitrogens with zero attached hydrogens (tertiary/aromatic N) is 4. The van der Waals surface area contributed by atoms with Crippen molar-refractivity contribution >= 4 is 23.1 Å². The molecule has 160 valence electrons. The lowest BCUT2D eigenvalue weighted by atomic mass is 9.73. The van der Waals surface area contributed by atoms with Crippen molar-refractivity contribution in [2.45, 2.75) is 24.4 Å². The second kappa shape index (κ2) is 7.92. The number of halogens is 4. The van der Waals surface area contributed by atoms with E-state index < -0.39 is 12.0 Å². The maximum Gasteiger partial charge on any atom is 0.453 e. The zero-order valence-corrected chi connectivity index (χ0v) is 16.8. The molecule has 4 rings (SSSR count). The first-order valence-corrected chi connectivity index (χ1v) is 9.65. The van der Waals surface area contributed by atoms with Crippen LogP contribution in [0.25, 0.3) is 5.65 Å². The van der Waals surface area contributed by atoms with E-state index in [0.717, 1.165) is 5.56 Å². The summed E-state index contributed by atoms with van der Waals surface area (Å²) < 4.78 is 51.2. The Balaban J connectivity index is 1.66. The van der Waals surface area contributed by atoms with E-state index in [4.69, 9.17) is 21.1 Å². The molecule has 1 fully saturated rings. The van der Waals surface area contributed by atoms with E-state index in [2.05, 4.69) is 20.6 Å². The molecule has 0 saturated carbocycles. The highest BCUT2D eigenvalue weighted by molar-refractivity contribution is 6.30. The van der Waals surface area contributed by atoms with Gasteiger partial charge in [0, 0.05) is 35.8 Å². The molecular formula is C19H19ClF3N5O2. The van der Waals surface area contributed by atoms with Crippen molar-refractivity contribution in [3.8, 4) is 5.75 Å². The first-order valence-electron chi connectivity index (χ1n) is 9.28. The molecule has 11 heteroatoms. The molecule has 30 heavy (non-hydrogen) atoms. The lowest BCUT2D eigenvalue weighted by Crippen LogP contribution is -2.40. The number of anilines is 1. The molecule has 0 amide bonds. The average molecular weight is 442 g/mol. The van der Waals surface area contributed by atoms with Crippen molar-refractivity contribution < 1.29 is 22.6 Å². The Morgan fingerprint density at radius 1 is 1.20 bits per heavy atom. The third-order valence-electron chi connectivity index (χ3n) is 5.31. The van der Waals surface area contributed by atoms with Crippen LogP contribution in [0.1, 0.15) is 24.2 Å². The summed E-state index contributed by atoms with van der Waals surface area (Å²) in [6, 6.07) is 8.45. The molecule has 1 aliphatic heterocycles. The number of aromatic nitrogens is 4. The monoisotopic (exact) mass is 441 g/mol. The van der Waals surface area contributed by atoms with Crippen molar-refractivity contribution in [3.63, 3.8) is 0 Å². The van der Waals surface area contributed by atoms with Gasteiger partial charge in [0.25, 0.3) is 5.82 Å². The molecule has 3 heterocycles. The predicted octanol–water partition coefficient (Wildman–Crippen LogP) is 3.97. The van der Waals surface area contributed by atoms with Crippen LogP contribution in [0.2, 0.25) is 5.02 Å². The van der Waals surface area contributed by atoms with Crippen LogP contribution in [0.4, 0.5) is 19.0 Å². The van der Waals surface area contributed by atoms with E-state index in [0.29, 0.717) is 47.9 Å². The zero-order chi connectivity index (χ0) is 21.4. The minimum Gasteiger partial charge on any atom is -0.496 e. The van der Waals surface area contributed by atoms with Gasteiger partial charge in [-0.1, -0.05) is 11.6 Å². The summed E-state index contributed by atoms with van der Waals surface area (Å²) >= 11 is 6.24. The standard InChI is InChI=1S/C19H19ClF3N5O2/c1-29-14-3-2-12(20)10-13(14)18(6-8-30-9-7-18)11-24-15-4-5-16-25-26-17(19(21,22)23)28(16)27-15/h2-5,10H,6-9,11H2,1H3,(H,24,27). The minimum absolute atomic E-state index is 0.0187. The van der Waals surface area contributed by atoms with Gasteiger partial charge in [-0.2, -0.15) is 17.7 Å². The molecule has 2 aromatic heterocycles. The third kappa shape index (κ3) is 3.89. The summed E-state index contributed by atoms with van der Waals surface area (Å²) in [7, 11) is 1.59. The maximum atomic E-state index is 13.1. The van der Waals surface area contributed by atoms with Gasteiger partial charge in [0.2, 0.25) is 0 Å². The van der Waals surface area contributed by atoms with E-state index in [1.54, 1.807) is 19.2 Å². The molecule has 1 aliphatic rings. The van der Waals surface area contributed by atoms with Crippen LogP contribution in [0.5, 0.6) is 5.75 Å². The first-order chi connectivity index (χ1) is 14.3. The van der Waals surface area contributed by atoms with Gasteiger partial charge in [-0.25, -0.2) is 0 Å². The minimum atomic E-state index is -4.65. The molecule has 1 aromatic carbocycles. The second-order valence-electron chi connectivity index (χ2n) is 7.10. The number of alkyl halides is 3. The average Bonchev–Trinajstić information content (AvgIpc) is 3.17. The van der Waals surface area contributed by atoms with Gasteiger partial charge in [0.1, 0.15) is 11.6 Å². The second-order valence-corrected chi connectivity index (χ2v) is 7.54. The molecule has 0 bridgehead atoms. The summed E-state index contributed by atoms with van der Waals surface area (Å²) in [5.41, 5.74) is 0.561. The number of hydrogen-bond acceptors (Lipinski definition) is 6. The Hall–Kier alpha value is -2.59. The summed E-state index contributed by atoms with van der Waals surface area (Å²) in [5, 5.41) is 14.5. The predicted molar refractivity (Wildman–Crippen MR) is 104 cm³/mol. The summed E-state index contributed by atoms with van der Waals surface area (Å²) in [4.78, 5) is 0. The highest BCUT2D eigenvalue weighted by atomic mass is 35.5. The molecule has 0 aliphatic carbocycles. The van der Waals surface area contributed by atoms with Crippen molar-refractivity contribution in [1.29, 1.82) is 0 Å². The van der Waals surface area contributed by atoms with Crippen LogP contribution in [0.15, 0.2) is 30.3 Å². The van der Waals surface area contributed by atoms with Gasteiger partial charge in [-0.15, -0.1) is 15.3 Å². The number of rotatable bonds is 5. The molecular weight excluding hydrogens is 423 g/mol. The Bertz CT molecular complexity index is 1050. The Kier molecular flexibility index (Phi) is 5.46. The van der Waals surface area contributed by atoms with Gasteiger partial charge >= 0.3 is 6.18 Å². The molecule has 0 spiro atoms. The van der Waals surface area contributed by atoms with Gasteiger partial charge in [0.15, 0.2) is 5.65 Å². The lowest BCUT2D eigenvalue weighted by molar-refractivity contribution is -0.146. The van der Waals surface area contributed by atoms with Crippen LogP contribution in [0.3, 0.4) is 0 Å². The van der Waals surface area contributed by atoms with Crippen LogP contribution in [0, 0.1) is 0 Å². The Morgan fingerprint density at radius 3 is 2.67 bits per heavy atom. The number of fused-ring (bicyclic) bond motifs is 1. The highest BCUT2D eigenvalue weighted by Gasteiger charge is 2.39. The van der Waals surface area contributed by atoms with E-state index in [-0.39, 0.29) is 16.9 Å². The van der Waals surface area contributed by atoms with E-state index in [1.807, 2.05) is 12.1 Å². The number of benzene rings is 1. The third-order valence-corrected chi connectivity index (χ3v) is 5.54. The SMILES string of the molecule is COc1ccc(Cl)cc1C1(CNc2ccc3nnc(C(F)(F)F)n3n2)CCOCC1. The molecule has 0 radical (unpaired) electrons. The molecule has 1 saturated heterocycles. The Morgan fingerprint density at radius 2 is 1.97 bits per heavy atom. The van der Waals surface area contributed by atoms with Gasteiger partial charge in [-0.3, -0.25) is 0 Å². The highest BCUT2D eigenvalue weighted by Crippen LogP contribution is 2.41. The topological polar surface area (TPSA) is 73.6 Å². The van der Waals surface area contributed by atoms with Gasteiger partial charge in [-0.05, 0) is 43.2 Å². The quantitative estimate of drug-likeness (QED) is 0.646. The zero-order valence-electron chi connectivity index (χ0n) is 16.0. The van der Waals surface area contributed by atoms with Gasteiger partial charge in [0.05, 0.1) is 7.11 Å². The maximum absolute atomic E-state index is 13.1. The molecule has 0 atom stereocenters. The molecule has 1 N–H and O–H groups in total. The summed E-state index contributed by atoms with van der Waals surface area (Å²) in [6.07, 6.45) is -3.26. The number of ether oxygens (including phenoxy) is 2. The smallest absolute Gasteiger partial charge is 0.453 e. The van der Waals surface area contributed by atoms with E-state index >= 15 is 0 Å². The largest absolute Gasteiger partial charge is 0.496 e. The van der Waals surface area contributed by atoms with E-state index in [1.165, 1.54) is 6.07 Å². The fourth-order valence-corrected chi connectivity index (χ4v) is 3.89. The van der Waals surface area contributed by atoms with Gasteiger partial charge < -0.3 is 14.8 Å². The van der Waals surface area contributed by atoms with Crippen LogP contribution in [-0.2, 0) is 16.3 Å². The summed E-state index contributed by atoms with van der Waals surface area (Å²) in [6.45, 7) is 1.51. The van der Waals surface area contributed by atoms with Crippen molar-refractivity contribution in [2.24, 2.45) is 0 Å². The van der Waals surface area contributed by atoms with Crippen LogP contribution >= 0.6 is 11.6 Å². The molecule has 7 nitrogen and oxygen atoms in total. The van der Waals surface area contributed by atoms with E-state index in [9.17, 15) is 13.2 Å². The Labute approximate surface area is 175 Å². The summed E-state index contributed by atoms with van der Waals surface area (Å²) in [5.74, 6) is -0.192. The number of methoxy groups -OCH3 is 1. The van der Waals surface area contributed by atoms with Crippen LogP contribution < -0.4 is 10.1 Å². The molecule has 3 aromatic rings. The normalized spacial score (nSPS) is 16.6. The molecule has 0 unspecified atom stereocenters. The first kappa shape index (κ1) is 20.7. The van der Waals surface area contributed by atoms with Crippen molar-refractivity contribution in [3.05, 3.63) is 46.7 Å². The lowest BCUT2D eigenvalue weighted by Gasteiger charge is -2.38. The fraction of sp³-hybridized carbons (Fsp3) is 0.421. The number of hydrogen-bond donors (Lipinski definition) is 1. The fourth-order valence-electron chi connectivity index (χ4n) is 3.72.